The zero-order valence-corrected chi connectivity index (χ0v) is 15.3. The van der Waals surface area contributed by atoms with Gasteiger partial charge in [-0.05, 0) is 29.3 Å². The van der Waals surface area contributed by atoms with E-state index in [9.17, 15) is 18.8 Å². The number of benzene rings is 2. The normalized spacial score (nSPS) is 15.9. The molecule has 1 atom stereocenters. The van der Waals surface area contributed by atoms with Crippen molar-refractivity contribution in [1.82, 2.24) is 10.6 Å². The van der Waals surface area contributed by atoms with Gasteiger partial charge in [0.25, 0.3) is 0 Å². The number of hydrogen-bond acceptors (Lipinski definition) is 4. The van der Waals surface area contributed by atoms with Gasteiger partial charge in [-0.1, -0.05) is 24.3 Å². The molecule has 1 unspecified atom stereocenters. The zero-order chi connectivity index (χ0) is 20.1. The van der Waals surface area contributed by atoms with Crippen molar-refractivity contribution in [2.45, 2.75) is 19.6 Å². The third-order valence-corrected chi connectivity index (χ3v) is 4.37. The van der Waals surface area contributed by atoms with Crippen LogP contribution in [0.1, 0.15) is 12.5 Å². The van der Waals surface area contributed by atoms with Crippen molar-refractivity contribution < 1.29 is 23.5 Å². The molecule has 1 fully saturated rings. The number of ether oxygens (including phenoxy) is 1. The molecule has 8 heteroatoms. The summed E-state index contributed by atoms with van der Waals surface area (Å²) >= 11 is 0. The van der Waals surface area contributed by atoms with Crippen LogP contribution in [-0.2, 0) is 20.9 Å². The molecule has 0 radical (unpaired) electrons. The van der Waals surface area contributed by atoms with Crippen molar-refractivity contribution in [1.29, 1.82) is 0 Å². The van der Waals surface area contributed by atoms with Crippen LogP contribution in [0.5, 0.6) is 0 Å². The van der Waals surface area contributed by atoms with Crippen LogP contribution in [0.2, 0.25) is 0 Å². The van der Waals surface area contributed by atoms with Gasteiger partial charge in [0.1, 0.15) is 11.9 Å². The fraction of sp³-hybridized carbons (Fsp3) is 0.250. The molecule has 2 N–H and O–H groups in total. The highest BCUT2D eigenvalue weighted by molar-refractivity contribution is 5.90. The average molecular weight is 385 g/mol. The van der Waals surface area contributed by atoms with Gasteiger partial charge in [0.2, 0.25) is 12.3 Å². The summed E-state index contributed by atoms with van der Waals surface area (Å²) in [4.78, 5) is 34.7. The highest BCUT2D eigenvalue weighted by atomic mass is 19.1. The number of carbonyl (C=O) groups excluding carboxylic acids is 3. The minimum atomic E-state index is -0.575. The monoisotopic (exact) mass is 385 g/mol. The first-order valence-corrected chi connectivity index (χ1v) is 8.76. The van der Waals surface area contributed by atoms with Gasteiger partial charge < -0.3 is 15.4 Å². The molecule has 0 saturated carbocycles. The number of nitrogens with one attached hydrogen (secondary N) is 2. The van der Waals surface area contributed by atoms with Crippen LogP contribution in [0.4, 0.5) is 14.9 Å². The fourth-order valence-corrected chi connectivity index (χ4v) is 2.96. The first kappa shape index (κ1) is 19.3. The summed E-state index contributed by atoms with van der Waals surface area (Å²) in [6.07, 6.45) is -0.433. The Labute approximate surface area is 161 Å². The average Bonchev–Trinajstić information content (AvgIpc) is 3.06. The first-order chi connectivity index (χ1) is 13.5. The van der Waals surface area contributed by atoms with Gasteiger partial charge in [-0.25, -0.2) is 9.18 Å². The van der Waals surface area contributed by atoms with E-state index in [1.165, 1.54) is 17.9 Å². The zero-order valence-electron chi connectivity index (χ0n) is 15.3. The van der Waals surface area contributed by atoms with Crippen molar-refractivity contribution in [2.75, 3.05) is 18.0 Å². The van der Waals surface area contributed by atoms with Crippen molar-refractivity contribution in [3.63, 3.8) is 0 Å². The van der Waals surface area contributed by atoms with Gasteiger partial charge in [-0.3, -0.25) is 14.5 Å². The second-order valence-corrected chi connectivity index (χ2v) is 6.41. The lowest BCUT2D eigenvalue weighted by Gasteiger charge is -2.14. The summed E-state index contributed by atoms with van der Waals surface area (Å²) in [7, 11) is 0. The smallest absolute Gasteiger partial charge is 0.414 e. The van der Waals surface area contributed by atoms with Crippen LogP contribution in [0, 0.1) is 5.82 Å². The second kappa shape index (κ2) is 8.51. The SMILES string of the molecule is CC(=O)NCC1CN(c2ccc(-c3ccc(CNC=O)cc3)c(F)c2)C(=O)O1. The summed E-state index contributed by atoms with van der Waals surface area (Å²) in [5.74, 6) is -0.674. The lowest BCUT2D eigenvalue weighted by Crippen LogP contribution is -2.33. The fourth-order valence-electron chi connectivity index (χ4n) is 2.96. The molecule has 3 amide bonds. The molecule has 0 aromatic heterocycles. The van der Waals surface area contributed by atoms with Gasteiger partial charge in [0.05, 0.1) is 18.8 Å². The van der Waals surface area contributed by atoms with E-state index in [0.29, 0.717) is 29.8 Å². The minimum Gasteiger partial charge on any atom is -0.442 e. The van der Waals surface area contributed by atoms with Crippen LogP contribution >= 0.6 is 0 Å². The maximum Gasteiger partial charge on any atom is 0.414 e. The van der Waals surface area contributed by atoms with E-state index in [0.717, 1.165) is 5.56 Å². The number of nitrogens with zero attached hydrogens (tertiary/aromatic N) is 1. The van der Waals surface area contributed by atoms with Crippen molar-refractivity contribution in [3.05, 3.63) is 53.8 Å². The maximum atomic E-state index is 14.7. The van der Waals surface area contributed by atoms with E-state index in [4.69, 9.17) is 4.74 Å². The Balaban J connectivity index is 1.72. The molecule has 0 aliphatic carbocycles. The maximum absolute atomic E-state index is 14.7. The Morgan fingerprint density at radius 2 is 2.04 bits per heavy atom. The molecule has 28 heavy (non-hydrogen) atoms. The van der Waals surface area contributed by atoms with Crippen molar-refractivity contribution in [2.24, 2.45) is 0 Å². The highest BCUT2D eigenvalue weighted by Gasteiger charge is 2.32. The molecule has 3 rings (SSSR count). The Morgan fingerprint density at radius 3 is 2.68 bits per heavy atom. The van der Waals surface area contributed by atoms with Crippen LogP contribution in [0.15, 0.2) is 42.5 Å². The number of amides is 3. The predicted molar refractivity (Wildman–Crippen MR) is 101 cm³/mol. The number of hydrogen-bond donors (Lipinski definition) is 2. The minimum absolute atomic E-state index is 0.210. The topological polar surface area (TPSA) is 87.7 Å². The molecule has 146 valence electrons. The Hall–Kier alpha value is -3.42. The molecule has 1 saturated heterocycles. The molecular formula is C20H20FN3O4. The number of halogens is 1. The molecule has 0 spiro atoms. The van der Waals surface area contributed by atoms with Crippen LogP contribution in [0.3, 0.4) is 0 Å². The van der Waals surface area contributed by atoms with E-state index < -0.39 is 18.0 Å². The van der Waals surface area contributed by atoms with E-state index >= 15 is 0 Å². The van der Waals surface area contributed by atoms with Crippen LogP contribution in [-0.4, -0.2) is 37.6 Å². The Kier molecular flexibility index (Phi) is 5.88. The molecule has 2 aromatic carbocycles. The quantitative estimate of drug-likeness (QED) is 0.716. The van der Waals surface area contributed by atoms with E-state index in [1.54, 1.807) is 24.3 Å². The van der Waals surface area contributed by atoms with Gasteiger partial charge >= 0.3 is 6.09 Å². The third kappa shape index (κ3) is 4.46. The largest absolute Gasteiger partial charge is 0.442 e. The summed E-state index contributed by atoms with van der Waals surface area (Å²) in [5.41, 5.74) is 2.38. The van der Waals surface area contributed by atoms with Gasteiger partial charge in [0, 0.05) is 19.0 Å². The van der Waals surface area contributed by atoms with E-state index in [2.05, 4.69) is 10.6 Å². The lowest BCUT2D eigenvalue weighted by molar-refractivity contribution is -0.119. The Morgan fingerprint density at radius 1 is 1.29 bits per heavy atom. The van der Waals surface area contributed by atoms with Gasteiger partial charge in [0.15, 0.2) is 0 Å². The third-order valence-electron chi connectivity index (χ3n) is 4.37. The molecular weight excluding hydrogens is 365 g/mol. The molecule has 1 aliphatic heterocycles. The number of anilines is 1. The van der Waals surface area contributed by atoms with Gasteiger partial charge in [-0.2, -0.15) is 0 Å². The molecule has 1 heterocycles. The standard InChI is InChI=1S/C20H20FN3O4/c1-13(26)23-10-17-11-24(20(27)28-17)16-6-7-18(19(21)8-16)15-4-2-14(3-5-15)9-22-12-25/h2-8,12,17H,9-11H2,1H3,(H,22,25)(H,23,26). The number of rotatable bonds is 7. The first-order valence-electron chi connectivity index (χ1n) is 8.76. The summed E-state index contributed by atoms with van der Waals surface area (Å²) in [6, 6.07) is 11.7. The van der Waals surface area contributed by atoms with E-state index in [1.807, 2.05) is 12.1 Å². The van der Waals surface area contributed by atoms with Gasteiger partial charge in [-0.15, -0.1) is 0 Å². The van der Waals surface area contributed by atoms with E-state index in [-0.39, 0.29) is 19.0 Å². The molecule has 2 aromatic rings. The highest BCUT2D eigenvalue weighted by Crippen LogP contribution is 2.29. The van der Waals surface area contributed by atoms with Crippen LogP contribution in [0.25, 0.3) is 11.1 Å². The van der Waals surface area contributed by atoms with Crippen LogP contribution < -0.4 is 15.5 Å². The summed E-state index contributed by atoms with van der Waals surface area (Å²) < 4.78 is 19.9. The summed E-state index contributed by atoms with van der Waals surface area (Å²) in [6.45, 7) is 2.23. The number of cyclic esters (lactones) is 1. The molecule has 0 bridgehead atoms. The van der Waals surface area contributed by atoms with Crippen molar-refractivity contribution in [3.8, 4) is 11.1 Å². The summed E-state index contributed by atoms with van der Waals surface area (Å²) in [5, 5.41) is 5.17. The predicted octanol–water partition coefficient (Wildman–Crippen LogP) is 2.20. The lowest BCUT2D eigenvalue weighted by atomic mass is 10.0. The molecule has 1 aliphatic rings. The number of carbonyl (C=O) groups is 3. The van der Waals surface area contributed by atoms with Crippen molar-refractivity contribution >= 4 is 24.1 Å². The second-order valence-electron chi connectivity index (χ2n) is 6.41. The molecule has 7 nitrogen and oxygen atoms in total. The Bertz CT molecular complexity index is 886.